The Hall–Kier alpha value is -2.64. The highest BCUT2D eigenvalue weighted by molar-refractivity contribution is 5.94. The number of carbonyl (C=O) groups is 1. The van der Waals surface area contributed by atoms with Crippen LogP contribution >= 0.6 is 0 Å². The van der Waals surface area contributed by atoms with Crippen molar-refractivity contribution in [2.75, 3.05) is 23.8 Å². The van der Waals surface area contributed by atoms with Crippen molar-refractivity contribution in [1.29, 1.82) is 0 Å². The summed E-state index contributed by atoms with van der Waals surface area (Å²) in [6.07, 6.45) is 10.7. The van der Waals surface area contributed by atoms with E-state index in [0.717, 1.165) is 5.69 Å². The molecule has 2 atom stereocenters. The zero-order chi connectivity index (χ0) is 23.0. The van der Waals surface area contributed by atoms with Crippen LogP contribution in [-0.4, -0.2) is 50.1 Å². The van der Waals surface area contributed by atoms with Crippen LogP contribution in [0.4, 0.5) is 16.6 Å². The number of amides is 2. The predicted octanol–water partition coefficient (Wildman–Crippen LogP) is 4.88. The summed E-state index contributed by atoms with van der Waals surface area (Å²) >= 11 is 0. The highest BCUT2D eigenvalue weighted by atomic mass is 16.2. The highest BCUT2D eigenvalue weighted by Crippen LogP contribution is 2.40. The molecule has 2 aromatic rings. The third-order valence-electron chi connectivity index (χ3n) is 7.12. The molecule has 8 nitrogen and oxygen atoms in total. The van der Waals surface area contributed by atoms with Gasteiger partial charge in [0, 0.05) is 32.0 Å². The molecule has 1 N–H and O–H groups in total. The number of hydrogen-bond acceptors (Lipinski definition) is 5. The Morgan fingerprint density at radius 2 is 1.88 bits per heavy atom. The summed E-state index contributed by atoms with van der Waals surface area (Å²) in [7, 11) is 1.84. The van der Waals surface area contributed by atoms with Gasteiger partial charge in [-0.25, -0.2) is 14.8 Å². The van der Waals surface area contributed by atoms with Crippen LogP contribution in [0, 0.1) is 11.3 Å². The van der Waals surface area contributed by atoms with Crippen LogP contribution in [0.2, 0.25) is 0 Å². The van der Waals surface area contributed by atoms with Gasteiger partial charge in [-0.1, -0.05) is 27.7 Å². The number of rotatable bonds is 6. The number of imidazole rings is 1. The van der Waals surface area contributed by atoms with Crippen molar-refractivity contribution in [2.24, 2.45) is 11.3 Å². The molecule has 4 rings (SSSR count). The number of likely N-dealkylation sites (N-methyl/N-ethyl adjacent to an activating group) is 1. The zero-order valence-electron chi connectivity index (χ0n) is 20.2. The molecule has 1 aliphatic carbocycles. The fourth-order valence-corrected chi connectivity index (χ4v) is 4.82. The molecule has 0 aromatic carbocycles. The number of aromatic nitrogens is 4. The van der Waals surface area contributed by atoms with Gasteiger partial charge in [0.2, 0.25) is 5.95 Å². The summed E-state index contributed by atoms with van der Waals surface area (Å²) in [4.78, 5) is 30.0. The second-order valence-electron chi connectivity index (χ2n) is 10.6. The molecular weight excluding hydrogens is 402 g/mol. The average molecular weight is 440 g/mol. The Balaban J connectivity index is 1.45. The van der Waals surface area contributed by atoms with Crippen molar-refractivity contribution < 1.29 is 4.79 Å². The first kappa shape index (κ1) is 22.6. The van der Waals surface area contributed by atoms with E-state index < -0.39 is 0 Å². The van der Waals surface area contributed by atoms with E-state index >= 15 is 0 Å². The van der Waals surface area contributed by atoms with Crippen LogP contribution in [0.1, 0.15) is 78.1 Å². The monoisotopic (exact) mass is 439 g/mol. The van der Waals surface area contributed by atoms with Gasteiger partial charge in [0.25, 0.3) is 0 Å². The molecule has 1 aliphatic heterocycles. The van der Waals surface area contributed by atoms with Gasteiger partial charge in [-0.3, -0.25) is 4.90 Å². The van der Waals surface area contributed by atoms with Crippen LogP contribution in [0.3, 0.4) is 0 Å². The van der Waals surface area contributed by atoms with Gasteiger partial charge >= 0.3 is 6.03 Å². The number of anilines is 2. The SMILES string of the molecule is CC(Nc1nccc(N2C(=O)N(C)C[C@@H]2C(C)C)n1)c1cn(C2CCC(C)(C)CC2)cn1. The highest BCUT2D eigenvalue weighted by Gasteiger charge is 2.38. The molecule has 2 aromatic heterocycles. The summed E-state index contributed by atoms with van der Waals surface area (Å²) in [5.41, 5.74) is 1.43. The molecule has 0 radical (unpaired) electrons. The fraction of sp³-hybridized carbons (Fsp3) is 0.667. The molecule has 3 heterocycles. The molecule has 2 aliphatic rings. The number of nitrogens with one attached hydrogen (secondary N) is 1. The third kappa shape index (κ3) is 4.59. The van der Waals surface area contributed by atoms with E-state index in [-0.39, 0.29) is 18.1 Å². The Kier molecular flexibility index (Phi) is 6.14. The van der Waals surface area contributed by atoms with Crippen LogP contribution < -0.4 is 10.2 Å². The minimum atomic E-state index is -0.0376. The van der Waals surface area contributed by atoms with Gasteiger partial charge in [-0.05, 0) is 50.0 Å². The minimum absolute atomic E-state index is 0.0178. The van der Waals surface area contributed by atoms with E-state index in [9.17, 15) is 4.79 Å². The Bertz CT molecular complexity index is 943. The molecule has 2 amide bonds. The number of urea groups is 1. The Labute approximate surface area is 191 Å². The lowest BCUT2D eigenvalue weighted by Gasteiger charge is -2.34. The Morgan fingerprint density at radius 3 is 2.56 bits per heavy atom. The maximum atomic E-state index is 12.7. The molecule has 2 fully saturated rings. The zero-order valence-corrected chi connectivity index (χ0v) is 20.2. The molecule has 0 bridgehead atoms. The standard InChI is InChI=1S/C24H37N7O/c1-16(2)20-14-29(6)23(32)31(20)21-9-12-25-22(28-21)27-17(3)19-13-30(15-26-19)18-7-10-24(4,5)11-8-18/h9,12-13,15-18,20H,7-8,10-11,14H2,1-6H3,(H,25,27,28)/t17?,20-/m1/s1. The minimum Gasteiger partial charge on any atom is -0.346 e. The van der Waals surface area contributed by atoms with Crippen molar-refractivity contribution >= 4 is 17.8 Å². The van der Waals surface area contributed by atoms with E-state index in [1.54, 1.807) is 16.0 Å². The lowest BCUT2D eigenvalue weighted by Crippen LogP contribution is -2.38. The molecule has 1 saturated carbocycles. The van der Waals surface area contributed by atoms with Crippen molar-refractivity contribution in [3.05, 3.63) is 30.5 Å². The van der Waals surface area contributed by atoms with Crippen LogP contribution in [0.15, 0.2) is 24.8 Å². The van der Waals surface area contributed by atoms with Crippen molar-refractivity contribution in [3.63, 3.8) is 0 Å². The lowest BCUT2D eigenvalue weighted by atomic mass is 9.75. The summed E-state index contributed by atoms with van der Waals surface area (Å²) in [6.45, 7) is 11.8. The van der Waals surface area contributed by atoms with Crippen LogP contribution in [-0.2, 0) is 0 Å². The van der Waals surface area contributed by atoms with Crippen LogP contribution in [0.25, 0.3) is 0 Å². The molecule has 8 heteroatoms. The normalized spacial score (nSPS) is 22.6. The summed E-state index contributed by atoms with van der Waals surface area (Å²) in [5, 5.41) is 3.37. The predicted molar refractivity (Wildman–Crippen MR) is 127 cm³/mol. The molecule has 0 spiro atoms. The maximum absolute atomic E-state index is 12.7. The molecule has 32 heavy (non-hydrogen) atoms. The Morgan fingerprint density at radius 1 is 1.16 bits per heavy atom. The molecule has 1 saturated heterocycles. The lowest BCUT2D eigenvalue weighted by molar-refractivity contribution is 0.193. The van der Waals surface area contributed by atoms with E-state index in [2.05, 4.69) is 65.7 Å². The van der Waals surface area contributed by atoms with Gasteiger partial charge < -0.3 is 14.8 Å². The van der Waals surface area contributed by atoms with Gasteiger partial charge in [0.05, 0.1) is 24.1 Å². The van der Waals surface area contributed by atoms with Gasteiger partial charge in [0.1, 0.15) is 5.82 Å². The first-order valence-corrected chi connectivity index (χ1v) is 11.8. The first-order valence-electron chi connectivity index (χ1n) is 11.8. The number of hydrogen-bond donors (Lipinski definition) is 1. The topological polar surface area (TPSA) is 79.2 Å². The average Bonchev–Trinajstić information content (AvgIpc) is 3.34. The van der Waals surface area contributed by atoms with Gasteiger partial charge in [-0.2, -0.15) is 4.98 Å². The van der Waals surface area contributed by atoms with Gasteiger partial charge in [-0.15, -0.1) is 0 Å². The molecule has 1 unspecified atom stereocenters. The van der Waals surface area contributed by atoms with E-state index in [4.69, 9.17) is 0 Å². The number of nitrogens with zero attached hydrogens (tertiary/aromatic N) is 6. The molecular formula is C24H37N7O. The second-order valence-corrected chi connectivity index (χ2v) is 10.6. The first-order chi connectivity index (χ1) is 15.1. The van der Waals surface area contributed by atoms with Crippen molar-refractivity contribution in [3.8, 4) is 0 Å². The van der Waals surface area contributed by atoms with Gasteiger partial charge in [0.15, 0.2) is 0 Å². The largest absolute Gasteiger partial charge is 0.346 e. The molecule has 174 valence electrons. The quantitative estimate of drug-likeness (QED) is 0.694. The van der Waals surface area contributed by atoms with Crippen molar-refractivity contribution in [2.45, 2.75) is 78.4 Å². The van der Waals surface area contributed by atoms with Crippen LogP contribution in [0.5, 0.6) is 0 Å². The fourth-order valence-electron chi connectivity index (χ4n) is 4.82. The van der Waals surface area contributed by atoms with E-state index in [1.165, 1.54) is 25.7 Å². The van der Waals surface area contributed by atoms with E-state index in [0.29, 0.717) is 35.7 Å². The second kappa shape index (κ2) is 8.71. The van der Waals surface area contributed by atoms with E-state index in [1.807, 2.05) is 19.4 Å². The summed E-state index contributed by atoms with van der Waals surface area (Å²) < 4.78 is 2.27. The smallest absolute Gasteiger partial charge is 0.325 e. The number of carbonyl (C=O) groups excluding carboxylic acids is 1. The maximum Gasteiger partial charge on any atom is 0.325 e. The van der Waals surface area contributed by atoms with Crippen molar-refractivity contribution in [1.82, 2.24) is 24.4 Å². The summed E-state index contributed by atoms with van der Waals surface area (Å²) in [6, 6.07) is 2.38. The summed E-state index contributed by atoms with van der Waals surface area (Å²) in [5.74, 6) is 1.48. The third-order valence-corrected chi connectivity index (χ3v) is 7.12.